The highest BCUT2D eigenvalue weighted by Crippen LogP contribution is 2.24. The van der Waals surface area contributed by atoms with Crippen molar-refractivity contribution in [3.05, 3.63) is 48.0 Å². The van der Waals surface area contributed by atoms with Gasteiger partial charge in [0.2, 0.25) is 5.91 Å². The maximum atomic E-state index is 12.0. The maximum Gasteiger partial charge on any atom is 0.220 e. The summed E-state index contributed by atoms with van der Waals surface area (Å²) in [5.74, 6) is 0.159. The Bertz CT molecular complexity index is 586. The lowest BCUT2D eigenvalue weighted by molar-refractivity contribution is -0.121. The van der Waals surface area contributed by atoms with Gasteiger partial charge >= 0.3 is 0 Å². The molecule has 2 heteroatoms. The van der Waals surface area contributed by atoms with Gasteiger partial charge in [0, 0.05) is 6.42 Å². The second kappa shape index (κ2) is 7.82. The molecule has 0 unspecified atom stereocenters. The topological polar surface area (TPSA) is 29.1 Å². The molecule has 21 heavy (non-hydrogen) atoms. The molecule has 0 aliphatic heterocycles. The number of carbonyl (C=O) groups is 1. The summed E-state index contributed by atoms with van der Waals surface area (Å²) < 4.78 is 0. The Morgan fingerprint density at radius 2 is 1.81 bits per heavy atom. The monoisotopic (exact) mass is 283 g/mol. The fourth-order valence-corrected chi connectivity index (χ4v) is 2.73. The van der Waals surface area contributed by atoms with Crippen molar-refractivity contribution in [3.8, 4) is 0 Å². The zero-order valence-electron chi connectivity index (χ0n) is 13.1. The molecule has 0 saturated carbocycles. The second-order valence-electron chi connectivity index (χ2n) is 5.67. The quantitative estimate of drug-likeness (QED) is 0.713. The Balaban J connectivity index is 1.99. The molecule has 2 aromatic rings. The minimum Gasteiger partial charge on any atom is -0.350 e. The van der Waals surface area contributed by atoms with E-state index < -0.39 is 0 Å². The molecular formula is C19H25NO. The molecule has 1 N–H and O–H groups in total. The third kappa shape index (κ3) is 4.32. The SMILES string of the molecule is CCCCCCC(=O)N[C@H](C)c1cccc2ccccc12. The van der Waals surface area contributed by atoms with Crippen molar-refractivity contribution in [2.45, 2.75) is 52.0 Å². The van der Waals surface area contributed by atoms with Crippen molar-refractivity contribution < 1.29 is 4.79 Å². The van der Waals surface area contributed by atoms with E-state index in [1.807, 2.05) is 12.1 Å². The van der Waals surface area contributed by atoms with Gasteiger partial charge in [-0.3, -0.25) is 4.79 Å². The van der Waals surface area contributed by atoms with Crippen molar-refractivity contribution in [1.29, 1.82) is 0 Å². The number of rotatable bonds is 7. The first-order chi connectivity index (χ1) is 10.2. The molecule has 0 heterocycles. The van der Waals surface area contributed by atoms with Gasteiger partial charge in [-0.15, -0.1) is 0 Å². The van der Waals surface area contributed by atoms with Crippen LogP contribution in [0.2, 0.25) is 0 Å². The third-order valence-corrected chi connectivity index (χ3v) is 3.92. The van der Waals surface area contributed by atoms with Crippen LogP contribution in [0.1, 0.15) is 57.6 Å². The summed E-state index contributed by atoms with van der Waals surface area (Å²) in [6.07, 6.45) is 5.18. The summed E-state index contributed by atoms with van der Waals surface area (Å²) in [6, 6.07) is 14.6. The fourth-order valence-electron chi connectivity index (χ4n) is 2.73. The van der Waals surface area contributed by atoms with E-state index in [9.17, 15) is 4.79 Å². The molecule has 2 nitrogen and oxygen atoms in total. The lowest BCUT2D eigenvalue weighted by atomic mass is 9.99. The van der Waals surface area contributed by atoms with Crippen LogP contribution in [0.25, 0.3) is 10.8 Å². The Labute approximate surface area is 127 Å². The van der Waals surface area contributed by atoms with Crippen LogP contribution in [-0.4, -0.2) is 5.91 Å². The second-order valence-corrected chi connectivity index (χ2v) is 5.67. The van der Waals surface area contributed by atoms with E-state index in [4.69, 9.17) is 0 Å². The Kier molecular flexibility index (Phi) is 5.79. The van der Waals surface area contributed by atoms with Gasteiger partial charge in [0.1, 0.15) is 0 Å². The molecule has 1 amide bonds. The normalized spacial score (nSPS) is 12.3. The van der Waals surface area contributed by atoms with Crippen molar-refractivity contribution in [2.24, 2.45) is 0 Å². The van der Waals surface area contributed by atoms with Crippen LogP contribution < -0.4 is 5.32 Å². The van der Waals surface area contributed by atoms with Crippen LogP contribution in [0.3, 0.4) is 0 Å². The molecule has 112 valence electrons. The largest absolute Gasteiger partial charge is 0.350 e. The number of hydrogen-bond acceptors (Lipinski definition) is 1. The number of nitrogens with one attached hydrogen (secondary N) is 1. The van der Waals surface area contributed by atoms with Crippen molar-refractivity contribution in [1.82, 2.24) is 5.32 Å². The van der Waals surface area contributed by atoms with Crippen LogP contribution in [0.15, 0.2) is 42.5 Å². The predicted molar refractivity (Wildman–Crippen MR) is 89.3 cm³/mol. The van der Waals surface area contributed by atoms with Gasteiger partial charge in [-0.25, -0.2) is 0 Å². The number of amides is 1. The van der Waals surface area contributed by atoms with Crippen LogP contribution in [0.5, 0.6) is 0 Å². The molecule has 0 saturated heterocycles. The highest BCUT2D eigenvalue weighted by atomic mass is 16.1. The molecule has 0 fully saturated rings. The number of unbranched alkanes of at least 4 members (excludes halogenated alkanes) is 3. The van der Waals surface area contributed by atoms with Gasteiger partial charge < -0.3 is 5.32 Å². The molecule has 0 radical (unpaired) electrons. The van der Waals surface area contributed by atoms with Gasteiger partial charge in [0.05, 0.1) is 6.04 Å². The van der Waals surface area contributed by atoms with E-state index in [1.165, 1.54) is 29.2 Å². The third-order valence-electron chi connectivity index (χ3n) is 3.92. The van der Waals surface area contributed by atoms with E-state index >= 15 is 0 Å². The summed E-state index contributed by atoms with van der Waals surface area (Å²) in [4.78, 5) is 12.0. The molecule has 0 bridgehead atoms. The van der Waals surface area contributed by atoms with E-state index in [-0.39, 0.29) is 11.9 Å². The van der Waals surface area contributed by atoms with Crippen LogP contribution >= 0.6 is 0 Å². The zero-order valence-corrected chi connectivity index (χ0v) is 13.1. The number of hydrogen-bond donors (Lipinski definition) is 1. The molecule has 0 aliphatic rings. The molecule has 1 atom stereocenters. The molecular weight excluding hydrogens is 258 g/mol. The molecule has 2 rings (SSSR count). The summed E-state index contributed by atoms with van der Waals surface area (Å²) in [5, 5.41) is 5.57. The van der Waals surface area contributed by atoms with E-state index in [0.29, 0.717) is 6.42 Å². The highest BCUT2D eigenvalue weighted by molar-refractivity contribution is 5.86. The average Bonchev–Trinajstić information content (AvgIpc) is 2.51. The van der Waals surface area contributed by atoms with Gasteiger partial charge in [0.15, 0.2) is 0 Å². The average molecular weight is 283 g/mol. The van der Waals surface area contributed by atoms with Gasteiger partial charge in [-0.05, 0) is 29.7 Å². The number of benzene rings is 2. The predicted octanol–water partition coefficient (Wildman–Crippen LogP) is 4.99. The van der Waals surface area contributed by atoms with Crippen LogP contribution in [0, 0.1) is 0 Å². The van der Waals surface area contributed by atoms with Gasteiger partial charge in [0.25, 0.3) is 0 Å². The summed E-state index contributed by atoms with van der Waals surface area (Å²) in [5.41, 5.74) is 1.19. The van der Waals surface area contributed by atoms with Crippen LogP contribution in [0.4, 0.5) is 0 Å². The Hall–Kier alpha value is -1.83. The smallest absolute Gasteiger partial charge is 0.220 e. The van der Waals surface area contributed by atoms with E-state index in [1.54, 1.807) is 0 Å². The van der Waals surface area contributed by atoms with Gasteiger partial charge in [-0.2, -0.15) is 0 Å². The van der Waals surface area contributed by atoms with E-state index in [0.717, 1.165) is 12.8 Å². The first kappa shape index (κ1) is 15.6. The first-order valence-electron chi connectivity index (χ1n) is 7.99. The minimum atomic E-state index is 0.0507. The van der Waals surface area contributed by atoms with Gasteiger partial charge in [-0.1, -0.05) is 68.7 Å². The van der Waals surface area contributed by atoms with E-state index in [2.05, 4.69) is 49.5 Å². The minimum absolute atomic E-state index is 0.0507. The van der Waals surface area contributed by atoms with Crippen molar-refractivity contribution in [2.75, 3.05) is 0 Å². The lowest BCUT2D eigenvalue weighted by Crippen LogP contribution is -2.26. The fraction of sp³-hybridized carbons (Fsp3) is 0.421. The summed E-state index contributed by atoms with van der Waals surface area (Å²) >= 11 is 0. The number of fused-ring (bicyclic) bond motifs is 1. The summed E-state index contributed by atoms with van der Waals surface area (Å²) in [6.45, 7) is 4.24. The Morgan fingerprint density at radius 3 is 2.62 bits per heavy atom. The summed E-state index contributed by atoms with van der Waals surface area (Å²) in [7, 11) is 0. The van der Waals surface area contributed by atoms with Crippen molar-refractivity contribution in [3.63, 3.8) is 0 Å². The first-order valence-corrected chi connectivity index (χ1v) is 7.99. The maximum absolute atomic E-state index is 12.0. The molecule has 0 spiro atoms. The number of carbonyl (C=O) groups excluding carboxylic acids is 1. The molecule has 0 aromatic heterocycles. The Morgan fingerprint density at radius 1 is 1.05 bits per heavy atom. The standard InChI is InChI=1S/C19H25NO/c1-3-4-5-6-14-19(21)20-15(2)17-13-9-11-16-10-7-8-12-18(16)17/h7-13,15H,3-6,14H2,1-2H3,(H,20,21)/t15-/m1/s1. The highest BCUT2D eigenvalue weighted by Gasteiger charge is 2.11. The van der Waals surface area contributed by atoms with Crippen LogP contribution in [-0.2, 0) is 4.79 Å². The zero-order chi connectivity index (χ0) is 15.1. The lowest BCUT2D eigenvalue weighted by Gasteiger charge is -2.16. The molecule has 0 aliphatic carbocycles. The molecule has 2 aromatic carbocycles. The van der Waals surface area contributed by atoms with Crippen molar-refractivity contribution >= 4 is 16.7 Å².